The molecule has 0 aliphatic heterocycles. The van der Waals surface area contributed by atoms with Crippen LogP contribution < -0.4 is 0 Å². The van der Waals surface area contributed by atoms with Crippen molar-refractivity contribution in [3.8, 4) is 6.07 Å². The van der Waals surface area contributed by atoms with E-state index in [1.165, 1.54) is 14.2 Å². The van der Waals surface area contributed by atoms with Crippen LogP contribution in [0, 0.1) is 33.5 Å². The molecule has 4 rings (SSSR count). The van der Waals surface area contributed by atoms with Gasteiger partial charge < -0.3 is 9.47 Å². The van der Waals surface area contributed by atoms with Crippen molar-refractivity contribution in [2.24, 2.45) is 22.2 Å². The van der Waals surface area contributed by atoms with Crippen LogP contribution in [0.3, 0.4) is 0 Å². The fraction of sp³-hybridized carbons (Fsp3) is 0.824. The molecular formula is C17H23NO4. The van der Waals surface area contributed by atoms with Gasteiger partial charge in [0.15, 0.2) is 0 Å². The Balaban J connectivity index is 1.93. The third kappa shape index (κ3) is 2.39. The second-order valence-electron chi connectivity index (χ2n) is 7.91. The molecule has 4 aliphatic rings. The molecule has 0 aromatic rings. The summed E-state index contributed by atoms with van der Waals surface area (Å²) in [6, 6.07) is 2.54. The quantitative estimate of drug-likeness (QED) is 0.746. The standard InChI is InChI=1S/C17H23NO4/c1-21-13(19)6-15-3-12-4-16(8-15,7-14(20)22-2)10-17(5-12,9-15)11-18/h12H,3-10H2,1-2H3. The molecule has 22 heavy (non-hydrogen) atoms. The van der Waals surface area contributed by atoms with Crippen molar-refractivity contribution in [3.05, 3.63) is 0 Å². The van der Waals surface area contributed by atoms with Gasteiger partial charge in [0.2, 0.25) is 0 Å². The molecule has 4 aliphatic carbocycles. The van der Waals surface area contributed by atoms with Crippen molar-refractivity contribution in [2.45, 2.75) is 51.4 Å². The van der Waals surface area contributed by atoms with E-state index in [2.05, 4.69) is 6.07 Å². The molecule has 0 amide bonds. The van der Waals surface area contributed by atoms with Gasteiger partial charge in [-0.1, -0.05) is 0 Å². The summed E-state index contributed by atoms with van der Waals surface area (Å²) in [5.74, 6) is 0.0247. The van der Waals surface area contributed by atoms with E-state index in [1.807, 2.05) is 0 Å². The number of rotatable bonds is 4. The largest absolute Gasteiger partial charge is 0.469 e. The second kappa shape index (κ2) is 4.97. The van der Waals surface area contributed by atoms with Crippen molar-refractivity contribution in [3.63, 3.8) is 0 Å². The number of ether oxygens (including phenoxy) is 2. The Labute approximate surface area is 131 Å². The van der Waals surface area contributed by atoms with Gasteiger partial charge in [0.1, 0.15) is 0 Å². The Bertz CT molecular complexity index is 515. The Morgan fingerprint density at radius 3 is 1.91 bits per heavy atom. The maximum absolute atomic E-state index is 11.9. The average molecular weight is 305 g/mol. The molecule has 4 fully saturated rings. The third-order valence-electron chi connectivity index (χ3n) is 6.03. The van der Waals surface area contributed by atoms with Gasteiger partial charge in [-0.25, -0.2) is 0 Å². The third-order valence-corrected chi connectivity index (χ3v) is 6.03. The van der Waals surface area contributed by atoms with Gasteiger partial charge in [-0.05, 0) is 55.3 Å². The Morgan fingerprint density at radius 2 is 1.50 bits per heavy atom. The normalized spacial score (nSPS) is 41.8. The van der Waals surface area contributed by atoms with Gasteiger partial charge in [-0.15, -0.1) is 0 Å². The van der Waals surface area contributed by atoms with Gasteiger partial charge in [-0.2, -0.15) is 5.26 Å². The molecule has 0 radical (unpaired) electrons. The van der Waals surface area contributed by atoms with Crippen LogP contribution in [0.2, 0.25) is 0 Å². The lowest BCUT2D eigenvalue weighted by atomic mass is 9.39. The van der Waals surface area contributed by atoms with E-state index in [0.29, 0.717) is 18.8 Å². The summed E-state index contributed by atoms with van der Waals surface area (Å²) in [7, 11) is 2.82. The number of carbonyl (C=O) groups is 2. The minimum absolute atomic E-state index is 0.170. The molecule has 0 aromatic heterocycles. The molecule has 5 nitrogen and oxygen atoms in total. The summed E-state index contributed by atoms with van der Waals surface area (Å²) in [5.41, 5.74) is -0.714. The number of methoxy groups -OCH3 is 2. The summed E-state index contributed by atoms with van der Waals surface area (Å²) >= 11 is 0. The summed E-state index contributed by atoms with van der Waals surface area (Å²) < 4.78 is 9.76. The molecule has 2 atom stereocenters. The van der Waals surface area contributed by atoms with E-state index >= 15 is 0 Å². The van der Waals surface area contributed by atoms with Crippen molar-refractivity contribution in [1.29, 1.82) is 5.26 Å². The van der Waals surface area contributed by atoms with E-state index in [9.17, 15) is 14.9 Å². The SMILES string of the molecule is COC(=O)CC12CC3CC(C#N)(C1)CC(CC(=O)OC)(C3)C2. The lowest BCUT2D eigenvalue weighted by Gasteiger charge is -2.64. The van der Waals surface area contributed by atoms with E-state index in [4.69, 9.17) is 9.47 Å². The van der Waals surface area contributed by atoms with Gasteiger partial charge in [0, 0.05) is 0 Å². The van der Waals surface area contributed by atoms with Crippen LogP contribution in [0.4, 0.5) is 0 Å². The molecule has 5 heteroatoms. The second-order valence-corrected chi connectivity index (χ2v) is 7.91. The molecule has 4 saturated carbocycles. The summed E-state index contributed by atoms with van der Waals surface area (Å²) in [6.07, 6.45) is 5.98. The lowest BCUT2D eigenvalue weighted by molar-refractivity contribution is -0.171. The van der Waals surface area contributed by atoms with Crippen molar-refractivity contribution < 1.29 is 19.1 Å². The van der Waals surface area contributed by atoms with E-state index in [0.717, 1.165) is 38.5 Å². The highest BCUT2D eigenvalue weighted by Crippen LogP contribution is 2.71. The maximum Gasteiger partial charge on any atom is 0.306 e. The van der Waals surface area contributed by atoms with Crippen LogP contribution in [0.25, 0.3) is 0 Å². The highest BCUT2D eigenvalue weighted by molar-refractivity contribution is 5.71. The van der Waals surface area contributed by atoms with Crippen LogP contribution in [-0.2, 0) is 19.1 Å². The first kappa shape index (κ1) is 15.3. The zero-order chi connectivity index (χ0) is 16.0. The van der Waals surface area contributed by atoms with E-state index in [-0.39, 0.29) is 28.2 Å². The molecule has 4 bridgehead atoms. The van der Waals surface area contributed by atoms with Crippen molar-refractivity contribution >= 4 is 11.9 Å². The van der Waals surface area contributed by atoms with Crippen LogP contribution in [0.1, 0.15) is 51.4 Å². The van der Waals surface area contributed by atoms with Crippen molar-refractivity contribution in [2.75, 3.05) is 14.2 Å². The number of esters is 2. The zero-order valence-corrected chi connectivity index (χ0v) is 13.3. The Kier molecular flexibility index (Phi) is 3.47. The smallest absolute Gasteiger partial charge is 0.306 e. The summed E-state index contributed by atoms with van der Waals surface area (Å²) in [6.45, 7) is 0. The molecule has 2 unspecified atom stereocenters. The Morgan fingerprint density at radius 1 is 1.00 bits per heavy atom. The molecule has 0 N–H and O–H groups in total. The number of nitrogens with zero attached hydrogens (tertiary/aromatic N) is 1. The van der Waals surface area contributed by atoms with Gasteiger partial charge in [0.05, 0.1) is 38.5 Å². The molecule has 0 aromatic carbocycles. The number of hydrogen-bond acceptors (Lipinski definition) is 5. The first-order valence-electron chi connectivity index (χ1n) is 7.93. The number of hydrogen-bond donors (Lipinski definition) is 0. The highest BCUT2D eigenvalue weighted by atomic mass is 16.5. The molecular weight excluding hydrogens is 282 g/mol. The first-order valence-corrected chi connectivity index (χ1v) is 7.93. The first-order chi connectivity index (χ1) is 10.4. The molecule has 0 heterocycles. The fourth-order valence-electron chi connectivity index (χ4n) is 6.12. The minimum atomic E-state index is -0.374. The summed E-state index contributed by atoms with van der Waals surface area (Å²) in [4.78, 5) is 23.8. The highest BCUT2D eigenvalue weighted by Gasteiger charge is 2.64. The lowest BCUT2D eigenvalue weighted by Crippen LogP contribution is -2.57. The van der Waals surface area contributed by atoms with Gasteiger partial charge >= 0.3 is 11.9 Å². The zero-order valence-electron chi connectivity index (χ0n) is 13.3. The van der Waals surface area contributed by atoms with E-state index < -0.39 is 0 Å². The summed E-state index contributed by atoms with van der Waals surface area (Å²) in [5, 5.41) is 9.76. The van der Waals surface area contributed by atoms with Crippen LogP contribution in [0.5, 0.6) is 0 Å². The molecule has 120 valence electrons. The average Bonchev–Trinajstić information content (AvgIpc) is 2.44. The fourth-order valence-corrected chi connectivity index (χ4v) is 6.12. The predicted octanol–water partition coefficient (Wildman–Crippen LogP) is 2.59. The van der Waals surface area contributed by atoms with Crippen LogP contribution >= 0.6 is 0 Å². The predicted molar refractivity (Wildman–Crippen MR) is 77.4 cm³/mol. The van der Waals surface area contributed by atoms with Crippen molar-refractivity contribution in [1.82, 2.24) is 0 Å². The molecule has 0 saturated heterocycles. The maximum atomic E-state index is 11.9. The topological polar surface area (TPSA) is 76.4 Å². The number of carbonyl (C=O) groups excluding carboxylic acids is 2. The van der Waals surface area contributed by atoms with Crippen LogP contribution in [-0.4, -0.2) is 26.2 Å². The monoisotopic (exact) mass is 305 g/mol. The van der Waals surface area contributed by atoms with Gasteiger partial charge in [0.25, 0.3) is 0 Å². The minimum Gasteiger partial charge on any atom is -0.469 e. The van der Waals surface area contributed by atoms with Gasteiger partial charge in [-0.3, -0.25) is 9.59 Å². The van der Waals surface area contributed by atoms with Crippen LogP contribution in [0.15, 0.2) is 0 Å². The van der Waals surface area contributed by atoms with E-state index in [1.54, 1.807) is 0 Å². The number of nitriles is 1. The molecule has 0 spiro atoms. The Hall–Kier alpha value is -1.57.